The van der Waals surface area contributed by atoms with E-state index in [1.54, 1.807) is 12.1 Å². The minimum absolute atomic E-state index is 0.114. The van der Waals surface area contributed by atoms with Crippen molar-refractivity contribution >= 4 is 23.2 Å². The van der Waals surface area contributed by atoms with Gasteiger partial charge in [-0.15, -0.1) is 0 Å². The molecule has 2 aromatic rings. The van der Waals surface area contributed by atoms with Crippen LogP contribution in [0.5, 0.6) is 0 Å². The van der Waals surface area contributed by atoms with E-state index in [0.717, 1.165) is 36.2 Å². The van der Waals surface area contributed by atoms with Crippen molar-refractivity contribution < 1.29 is 9.18 Å². The largest absolute Gasteiger partial charge is 0.312 e. The van der Waals surface area contributed by atoms with Crippen LogP contribution in [-0.4, -0.2) is 12.5 Å². The Morgan fingerprint density at radius 3 is 2.38 bits per heavy atom. The molecule has 1 amide bonds. The van der Waals surface area contributed by atoms with Crippen LogP contribution in [0.15, 0.2) is 42.5 Å². The maximum absolute atomic E-state index is 13.2. The van der Waals surface area contributed by atoms with Gasteiger partial charge in [0.15, 0.2) is 0 Å². The highest BCUT2D eigenvalue weighted by Crippen LogP contribution is 2.28. The third-order valence-electron chi connectivity index (χ3n) is 3.76. The molecule has 0 radical (unpaired) electrons. The van der Waals surface area contributed by atoms with Crippen molar-refractivity contribution in [3.8, 4) is 11.1 Å². The van der Waals surface area contributed by atoms with Gasteiger partial charge in [0.2, 0.25) is 5.91 Å². The van der Waals surface area contributed by atoms with Crippen molar-refractivity contribution in [2.24, 2.45) is 0 Å². The van der Waals surface area contributed by atoms with Gasteiger partial charge in [0.1, 0.15) is 5.82 Å². The van der Waals surface area contributed by atoms with Crippen LogP contribution in [0.4, 0.5) is 10.1 Å². The summed E-state index contributed by atoms with van der Waals surface area (Å²) in [5.74, 6) is -0.241. The van der Waals surface area contributed by atoms with Crippen LogP contribution in [0.2, 0.25) is 5.02 Å². The maximum atomic E-state index is 13.2. The predicted octanol–water partition coefficient (Wildman–Crippen LogP) is 4.66. The van der Waals surface area contributed by atoms with Crippen molar-refractivity contribution in [1.29, 1.82) is 0 Å². The van der Waals surface area contributed by atoms with Crippen molar-refractivity contribution in [3.05, 3.63) is 53.3 Å². The summed E-state index contributed by atoms with van der Waals surface area (Å²) >= 11 is 5.81. The molecule has 1 aliphatic heterocycles. The predicted molar refractivity (Wildman–Crippen MR) is 83.1 cm³/mol. The lowest BCUT2D eigenvalue weighted by Crippen LogP contribution is -2.35. The van der Waals surface area contributed by atoms with E-state index in [1.807, 2.05) is 29.2 Å². The summed E-state index contributed by atoms with van der Waals surface area (Å²) in [6.07, 6.45) is 2.64. The van der Waals surface area contributed by atoms with Gasteiger partial charge >= 0.3 is 0 Å². The molecule has 4 heteroatoms. The van der Waals surface area contributed by atoms with Gasteiger partial charge in [0.25, 0.3) is 0 Å². The Balaban J connectivity index is 1.86. The van der Waals surface area contributed by atoms with Crippen molar-refractivity contribution in [3.63, 3.8) is 0 Å². The Morgan fingerprint density at radius 1 is 1.00 bits per heavy atom. The van der Waals surface area contributed by atoms with E-state index in [9.17, 15) is 9.18 Å². The van der Waals surface area contributed by atoms with Gasteiger partial charge < -0.3 is 4.90 Å². The maximum Gasteiger partial charge on any atom is 0.226 e. The number of benzene rings is 2. The highest BCUT2D eigenvalue weighted by molar-refractivity contribution is 6.31. The Morgan fingerprint density at radius 2 is 1.71 bits per heavy atom. The number of hydrogen-bond donors (Lipinski definition) is 0. The van der Waals surface area contributed by atoms with E-state index >= 15 is 0 Å². The molecule has 1 heterocycles. The second-order valence-electron chi connectivity index (χ2n) is 5.18. The second-order valence-corrected chi connectivity index (χ2v) is 5.59. The van der Waals surface area contributed by atoms with Gasteiger partial charge in [-0.3, -0.25) is 4.79 Å². The molecule has 21 heavy (non-hydrogen) atoms. The van der Waals surface area contributed by atoms with E-state index in [1.165, 1.54) is 6.07 Å². The van der Waals surface area contributed by atoms with E-state index in [-0.39, 0.29) is 10.9 Å². The molecule has 0 aromatic heterocycles. The highest BCUT2D eigenvalue weighted by atomic mass is 35.5. The summed E-state index contributed by atoms with van der Waals surface area (Å²) in [6.45, 7) is 0.778. The summed E-state index contributed by atoms with van der Waals surface area (Å²) in [6, 6.07) is 12.4. The number of rotatable bonds is 2. The molecule has 0 bridgehead atoms. The van der Waals surface area contributed by atoms with Gasteiger partial charge in [-0.05, 0) is 48.2 Å². The number of piperidine rings is 1. The molecule has 1 saturated heterocycles. The number of anilines is 1. The summed E-state index contributed by atoms with van der Waals surface area (Å²) < 4.78 is 13.2. The molecule has 0 spiro atoms. The zero-order chi connectivity index (χ0) is 14.8. The monoisotopic (exact) mass is 303 g/mol. The summed E-state index contributed by atoms with van der Waals surface area (Å²) in [5, 5.41) is 0.114. The van der Waals surface area contributed by atoms with E-state index in [2.05, 4.69) is 0 Å². The Labute approximate surface area is 128 Å². The van der Waals surface area contributed by atoms with Crippen LogP contribution in [0, 0.1) is 5.82 Å². The molecule has 108 valence electrons. The molecular weight excluding hydrogens is 289 g/mol. The van der Waals surface area contributed by atoms with Crippen LogP contribution < -0.4 is 4.90 Å². The van der Waals surface area contributed by atoms with E-state index in [0.29, 0.717) is 6.42 Å². The molecule has 1 aliphatic rings. The smallest absolute Gasteiger partial charge is 0.226 e. The lowest BCUT2D eigenvalue weighted by molar-refractivity contribution is -0.119. The third kappa shape index (κ3) is 2.93. The fraction of sp³-hybridized carbons (Fsp3) is 0.235. The normalized spacial score (nSPS) is 15.3. The van der Waals surface area contributed by atoms with Crippen molar-refractivity contribution in [2.75, 3.05) is 11.4 Å². The highest BCUT2D eigenvalue weighted by Gasteiger charge is 2.19. The molecule has 0 unspecified atom stereocenters. The lowest BCUT2D eigenvalue weighted by atomic mass is 10.0. The first-order valence-electron chi connectivity index (χ1n) is 7.01. The first-order chi connectivity index (χ1) is 10.1. The average Bonchev–Trinajstić information content (AvgIpc) is 2.51. The zero-order valence-corrected chi connectivity index (χ0v) is 12.2. The summed E-state index contributed by atoms with van der Waals surface area (Å²) in [5.41, 5.74) is 2.72. The van der Waals surface area contributed by atoms with Crippen LogP contribution >= 0.6 is 11.6 Å². The number of carbonyl (C=O) groups excluding carboxylic acids is 1. The fourth-order valence-electron chi connectivity index (χ4n) is 2.59. The number of halogens is 2. The first kappa shape index (κ1) is 14.1. The second kappa shape index (κ2) is 5.86. The lowest BCUT2D eigenvalue weighted by Gasteiger charge is -2.26. The van der Waals surface area contributed by atoms with Gasteiger partial charge in [0.05, 0.1) is 5.02 Å². The van der Waals surface area contributed by atoms with Crippen LogP contribution in [0.1, 0.15) is 19.3 Å². The molecule has 2 aromatic carbocycles. The molecule has 0 N–H and O–H groups in total. The number of carbonyl (C=O) groups is 1. The van der Waals surface area contributed by atoms with E-state index < -0.39 is 5.82 Å². The molecule has 2 nitrogen and oxygen atoms in total. The SMILES string of the molecule is O=C1CCCCN1c1ccc(-c2ccc(F)c(Cl)c2)cc1. The topological polar surface area (TPSA) is 20.3 Å². The Kier molecular flexibility index (Phi) is 3.93. The average molecular weight is 304 g/mol. The Bertz CT molecular complexity index is 669. The number of nitrogens with zero attached hydrogens (tertiary/aromatic N) is 1. The van der Waals surface area contributed by atoms with Crippen molar-refractivity contribution in [1.82, 2.24) is 0 Å². The Hall–Kier alpha value is -1.87. The molecule has 0 atom stereocenters. The first-order valence-corrected chi connectivity index (χ1v) is 7.39. The molecule has 3 rings (SSSR count). The number of amides is 1. The molecule has 0 aliphatic carbocycles. The van der Waals surface area contributed by atoms with Crippen LogP contribution in [-0.2, 0) is 4.79 Å². The molecule has 0 saturated carbocycles. The minimum atomic E-state index is -0.420. The summed E-state index contributed by atoms with van der Waals surface area (Å²) in [4.78, 5) is 13.7. The zero-order valence-electron chi connectivity index (χ0n) is 11.5. The third-order valence-corrected chi connectivity index (χ3v) is 4.04. The van der Waals surface area contributed by atoms with Crippen molar-refractivity contribution in [2.45, 2.75) is 19.3 Å². The van der Waals surface area contributed by atoms with Gasteiger partial charge in [-0.25, -0.2) is 4.39 Å². The standard InChI is InChI=1S/C17H15ClFNO/c18-15-11-13(6-9-16(15)19)12-4-7-14(8-5-12)20-10-2-1-3-17(20)21/h4-9,11H,1-3,10H2. The molecular formula is C17H15ClFNO. The van der Waals surface area contributed by atoms with Gasteiger partial charge in [0, 0.05) is 18.7 Å². The summed E-state index contributed by atoms with van der Waals surface area (Å²) in [7, 11) is 0. The number of hydrogen-bond acceptors (Lipinski definition) is 1. The van der Waals surface area contributed by atoms with Gasteiger partial charge in [-0.1, -0.05) is 29.8 Å². The molecule has 1 fully saturated rings. The van der Waals surface area contributed by atoms with Gasteiger partial charge in [-0.2, -0.15) is 0 Å². The van der Waals surface area contributed by atoms with E-state index in [4.69, 9.17) is 11.6 Å². The fourth-order valence-corrected chi connectivity index (χ4v) is 2.77. The minimum Gasteiger partial charge on any atom is -0.312 e. The van der Waals surface area contributed by atoms with Crippen LogP contribution in [0.3, 0.4) is 0 Å². The quantitative estimate of drug-likeness (QED) is 0.790. The van der Waals surface area contributed by atoms with Crippen LogP contribution in [0.25, 0.3) is 11.1 Å².